The molecule has 5 nitrogen and oxygen atoms in total. The quantitative estimate of drug-likeness (QED) is 0.878. The molecule has 0 spiro atoms. The zero-order valence-corrected chi connectivity index (χ0v) is 14.3. The predicted molar refractivity (Wildman–Crippen MR) is 96.2 cm³/mol. The van der Waals surface area contributed by atoms with E-state index in [1.54, 1.807) is 42.5 Å². The standard InChI is InChI=1S/C19H16ClN3O2/c1-11-8-13(20)4-7-17(11)23-19(25)16-9-15(16)18(24)22-14-5-2-12(10-21)3-6-14/h2-8,15-16H,9H2,1H3,(H,22,24)(H,23,25). The summed E-state index contributed by atoms with van der Waals surface area (Å²) >= 11 is 5.91. The summed E-state index contributed by atoms with van der Waals surface area (Å²) < 4.78 is 0. The van der Waals surface area contributed by atoms with Crippen molar-refractivity contribution in [2.75, 3.05) is 10.6 Å². The van der Waals surface area contributed by atoms with Gasteiger partial charge in [0.1, 0.15) is 0 Å². The molecular weight excluding hydrogens is 338 g/mol. The fourth-order valence-corrected chi connectivity index (χ4v) is 2.86. The zero-order chi connectivity index (χ0) is 18.0. The van der Waals surface area contributed by atoms with Gasteiger partial charge in [0.15, 0.2) is 0 Å². The molecule has 126 valence electrons. The summed E-state index contributed by atoms with van der Waals surface area (Å²) in [5, 5.41) is 15.0. The Kier molecular flexibility index (Phi) is 4.73. The summed E-state index contributed by atoms with van der Waals surface area (Å²) in [6.45, 7) is 1.86. The lowest BCUT2D eigenvalue weighted by molar-refractivity contribution is -0.122. The topological polar surface area (TPSA) is 82.0 Å². The SMILES string of the molecule is Cc1cc(Cl)ccc1NC(=O)C1CC1C(=O)Nc1ccc(C#N)cc1. The lowest BCUT2D eigenvalue weighted by Gasteiger charge is -2.09. The molecule has 1 fully saturated rings. The molecule has 0 bridgehead atoms. The van der Waals surface area contributed by atoms with E-state index in [9.17, 15) is 9.59 Å². The van der Waals surface area contributed by atoms with E-state index in [1.165, 1.54) is 0 Å². The molecule has 2 aromatic carbocycles. The van der Waals surface area contributed by atoms with Crippen molar-refractivity contribution in [3.63, 3.8) is 0 Å². The normalized spacial score (nSPS) is 18.1. The second-order valence-electron chi connectivity index (χ2n) is 6.08. The van der Waals surface area contributed by atoms with Gasteiger partial charge in [-0.25, -0.2) is 0 Å². The molecule has 0 heterocycles. The number of rotatable bonds is 4. The molecule has 1 saturated carbocycles. The highest BCUT2D eigenvalue weighted by atomic mass is 35.5. The molecule has 6 heteroatoms. The Bertz CT molecular complexity index is 871. The molecule has 2 amide bonds. The van der Waals surface area contributed by atoms with Crippen molar-refractivity contribution in [2.24, 2.45) is 11.8 Å². The number of nitrogens with zero attached hydrogens (tertiary/aromatic N) is 1. The van der Waals surface area contributed by atoms with Crippen LogP contribution < -0.4 is 10.6 Å². The number of nitriles is 1. The molecule has 0 radical (unpaired) electrons. The molecule has 2 N–H and O–H groups in total. The van der Waals surface area contributed by atoms with E-state index < -0.39 is 0 Å². The first-order valence-corrected chi connectivity index (χ1v) is 8.24. The molecule has 2 aromatic rings. The molecule has 2 atom stereocenters. The highest BCUT2D eigenvalue weighted by Gasteiger charge is 2.48. The van der Waals surface area contributed by atoms with E-state index >= 15 is 0 Å². The van der Waals surface area contributed by atoms with Crippen LogP contribution in [0.15, 0.2) is 42.5 Å². The van der Waals surface area contributed by atoms with Gasteiger partial charge in [-0.05, 0) is 61.4 Å². The van der Waals surface area contributed by atoms with Crippen LogP contribution in [0, 0.1) is 30.1 Å². The zero-order valence-electron chi connectivity index (χ0n) is 13.5. The van der Waals surface area contributed by atoms with E-state index in [4.69, 9.17) is 16.9 Å². The van der Waals surface area contributed by atoms with Crippen LogP contribution in [0.1, 0.15) is 17.5 Å². The third kappa shape index (κ3) is 3.98. The Morgan fingerprint density at radius 2 is 1.72 bits per heavy atom. The summed E-state index contributed by atoms with van der Waals surface area (Å²) in [4.78, 5) is 24.5. The lowest BCUT2D eigenvalue weighted by atomic mass is 10.2. The summed E-state index contributed by atoms with van der Waals surface area (Å²) in [5.41, 5.74) is 2.72. The largest absolute Gasteiger partial charge is 0.326 e. The van der Waals surface area contributed by atoms with E-state index in [-0.39, 0.29) is 23.7 Å². The maximum atomic E-state index is 12.3. The van der Waals surface area contributed by atoms with Crippen molar-refractivity contribution in [2.45, 2.75) is 13.3 Å². The van der Waals surface area contributed by atoms with Gasteiger partial charge in [-0.2, -0.15) is 5.26 Å². The summed E-state index contributed by atoms with van der Waals surface area (Å²) in [5.74, 6) is -1.00. The number of aryl methyl sites for hydroxylation is 1. The van der Waals surface area contributed by atoms with Crippen molar-refractivity contribution < 1.29 is 9.59 Å². The van der Waals surface area contributed by atoms with Gasteiger partial charge in [0.05, 0.1) is 23.5 Å². The van der Waals surface area contributed by atoms with Gasteiger partial charge >= 0.3 is 0 Å². The number of hydrogen-bond donors (Lipinski definition) is 2. The number of benzene rings is 2. The Labute approximate surface area is 150 Å². The third-order valence-corrected chi connectivity index (χ3v) is 4.43. The van der Waals surface area contributed by atoms with Crippen LogP contribution in [-0.2, 0) is 9.59 Å². The second-order valence-corrected chi connectivity index (χ2v) is 6.51. The first-order valence-electron chi connectivity index (χ1n) is 7.86. The monoisotopic (exact) mass is 353 g/mol. The summed E-state index contributed by atoms with van der Waals surface area (Å²) in [6, 6.07) is 13.9. The van der Waals surface area contributed by atoms with Crippen LogP contribution in [-0.4, -0.2) is 11.8 Å². The van der Waals surface area contributed by atoms with Gasteiger partial charge in [-0.3, -0.25) is 9.59 Å². The molecular formula is C19H16ClN3O2. The summed E-state index contributed by atoms with van der Waals surface area (Å²) in [7, 11) is 0. The number of hydrogen-bond acceptors (Lipinski definition) is 3. The molecule has 3 rings (SSSR count). The maximum Gasteiger partial charge on any atom is 0.228 e. The van der Waals surface area contributed by atoms with Crippen LogP contribution in [0.2, 0.25) is 5.02 Å². The van der Waals surface area contributed by atoms with Crippen molar-refractivity contribution in [1.29, 1.82) is 5.26 Å². The van der Waals surface area contributed by atoms with Gasteiger partial charge in [-0.15, -0.1) is 0 Å². The molecule has 1 aliphatic carbocycles. The highest BCUT2D eigenvalue weighted by Crippen LogP contribution is 2.40. The minimum atomic E-state index is -0.330. The number of anilines is 2. The van der Waals surface area contributed by atoms with Crippen LogP contribution in [0.25, 0.3) is 0 Å². The minimum absolute atomic E-state index is 0.162. The lowest BCUT2D eigenvalue weighted by Crippen LogP contribution is -2.20. The minimum Gasteiger partial charge on any atom is -0.326 e. The van der Waals surface area contributed by atoms with Crippen molar-refractivity contribution >= 4 is 34.8 Å². The van der Waals surface area contributed by atoms with Gasteiger partial charge in [0, 0.05) is 16.4 Å². The number of carbonyl (C=O) groups is 2. The van der Waals surface area contributed by atoms with Crippen LogP contribution in [0.3, 0.4) is 0 Å². The molecule has 0 saturated heterocycles. The maximum absolute atomic E-state index is 12.3. The Morgan fingerprint density at radius 1 is 1.08 bits per heavy atom. The van der Waals surface area contributed by atoms with Crippen LogP contribution in [0.4, 0.5) is 11.4 Å². The first kappa shape index (κ1) is 17.0. The van der Waals surface area contributed by atoms with Gasteiger partial charge < -0.3 is 10.6 Å². The fraction of sp³-hybridized carbons (Fsp3) is 0.211. The molecule has 25 heavy (non-hydrogen) atoms. The van der Waals surface area contributed by atoms with E-state index in [1.807, 2.05) is 13.0 Å². The van der Waals surface area contributed by atoms with Crippen molar-refractivity contribution in [3.05, 3.63) is 58.6 Å². The predicted octanol–water partition coefficient (Wildman–Crippen LogP) is 3.73. The number of halogens is 1. The average Bonchev–Trinajstić information content (AvgIpc) is 3.39. The van der Waals surface area contributed by atoms with E-state index in [0.29, 0.717) is 28.4 Å². The summed E-state index contributed by atoms with van der Waals surface area (Å²) in [6.07, 6.45) is 0.528. The molecule has 0 aliphatic heterocycles. The molecule has 1 aliphatic rings. The van der Waals surface area contributed by atoms with Gasteiger partial charge in [0.25, 0.3) is 0 Å². The average molecular weight is 354 g/mol. The number of carbonyl (C=O) groups excluding carboxylic acids is 2. The third-order valence-electron chi connectivity index (χ3n) is 4.19. The van der Waals surface area contributed by atoms with E-state index in [0.717, 1.165) is 5.56 Å². The Hall–Kier alpha value is -2.84. The first-order chi connectivity index (χ1) is 12.0. The molecule has 2 unspecified atom stereocenters. The Balaban J connectivity index is 1.56. The number of nitrogens with one attached hydrogen (secondary N) is 2. The Morgan fingerprint density at radius 3 is 2.32 bits per heavy atom. The van der Waals surface area contributed by atoms with Crippen LogP contribution >= 0.6 is 11.6 Å². The van der Waals surface area contributed by atoms with Gasteiger partial charge in [0.2, 0.25) is 11.8 Å². The van der Waals surface area contributed by atoms with Gasteiger partial charge in [-0.1, -0.05) is 11.6 Å². The van der Waals surface area contributed by atoms with Crippen molar-refractivity contribution in [3.8, 4) is 6.07 Å². The van der Waals surface area contributed by atoms with Crippen molar-refractivity contribution in [1.82, 2.24) is 0 Å². The van der Waals surface area contributed by atoms with E-state index in [2.05, 4.69) is 10.6 Å². The fourth-order valence-electron chi connectivity index (χ4n) is 2.63. The van der Waals surface area contributed by atoms with Crippen LogP contribution in [0.5, 0.6) is 0 Å². The second kappa shape index (κ2) is 6.96. The highest BCUT2D eigenvalue weighted by molar-refractivity contribution is 6.30. The number of amides is 2. The molecule has 0 aromatic heterocycles. The smallest absolute Gasteiger partial charge is 0.228 e.